The molecule has 0 heterocycles. The van der Waals surface area contributed by atoms with E-state index in [1.807, 2.05) is 18.2 Å². The number of rotatable bonds is 6. The monoisotopic (exact) mass is 468 g/mol. The summed E-state index contributed by atoms with van der Waals surface area (Å²) in [6.45, 7) is 7.02. The molecule has 0 fully saturated rings. The number of carbonyl (C=O) groups is 1. The molecule has 0 saturated heterocycles. The molecule has 5 heteroatoms. The molecule has 0 aliphatic rings. The van der Waals surface area contributed by atoms with Gasteiger partial charge in [0, 0.05) is 4.47 Å². The molecule has 1 N–H and O–H groups in total. The Kier molecular flexibility index (Phi) is 6.41. The third kappa shape index (κ3) is 4.52. The number of benzene rings is 3. The van der Waals surface area contributed by atoms with Gasteiger partial charge in [0.2, 0.25) is 0 Å². The largest absolute Gasteiger partial charge is 0.478 e. The van der Waals surface area contributed by atoms with E-state index in [1.165, 1.54) is 10.4 Å². The van der Waals surface area contributed by atoms with Crippen LogP contribution in [-0.2, 0) is 11.0 Å². The van der Waals surface area contributed by atoms with Crippen molar-refractivity contribution in [2.24, 2.45) is 0 Å². The van der Waals surface area contributed by atoms with E-state index in [-0.39, 0.29) is 10.6 Å². The lowest BCUT2D eigenvalue weighted by Crippen LogP contribution is -2.66. The predicted octanol–water partition coefficient (Wildman–Crippen LogP) is 5.22. The van der Waals surface area contributed by atoms with Gasteiger partial charge >= 0.3 is 5.97 Å². The van der Waals surface area contributed by atoms with Crippen molar-refractivity contribution >= 4 is 40.6 Å². The highest BCUT2D eigenvalue weighted by molar-refractivity contribution is 9.10. The van der Waals surface area contributed by atoms with Gasteiger partial charge in [-0.25, -0.2) is 4.79 Å². The normalized spacial score (nSPS) is 12.0. The van der Waals surface area contributed by atoms with Gasteiger partial charge in [0.1, 0.15) is 0 Å². The number of aromatic carboxylic acids is 1. The van der Waals surface area contributed by atoms with Gasteiger partial charge in [-0.15, -0.1) is 0 Å². The van der Waals surface area contributed by atoms with Crippen LogP contribution in [0.2, 0.25) is 5.04 Å². The van der Waals surface area contributed by atoms with E-state index in [4.69, 9.17) is 4.43 Å². The van der Waals surface area contributed by atoms with Crippen LogP contribution < -0.4 is 10.4 Å². The minimum Gasteiger partial charge on any atom is -0.478 e. The van der Waals surface area contributed by atoms with Crippen LogP contribution >= 0.6 is 15.9 Å². The topological polar surface area (TPSA) is 46.5 Å². The number of hydrogen-bond acceptors (Lipinski definition) is 2. The molecule has 3 nitrogen and oxygen atoms in total. The molecule has 0 aliphatic carbocycles. The fourth-order valence-electron chi connectivity index (χ4n) is 3.81. The summed E-state index contributed by atoms with van der Waals surface area (Å²) in [5.74, 6) is -0.946. The fraction of sp³-hybridized carbons (Fsp3) is 0.208. The lowest BCUT2D eigenvalue weighted by Gasteiger charge is -2.43. The van der Waals surface area contributed by atoms with E-state index >= 15 is 0 Å². The van der Waals surface area contributed by atoms with Crippen molar-refractivity contribution in [1.29, 1.82) is 0 Å². The van der Waals surface area contributed by atoms with E-state index in [0.717, 1.165) is 10.0 Å². The minimum atomic E-state index is -2.66. The minimum absolute atomic E-state index is 0.128. The Bertz CT molecular complexity index is 943. The lowest BCUT2D eigenvalue weighted by atomic mass is 10.1. The summed E-state index contributed by atoms with van der Waals surface area (Å²) in [5, 5.41) is 11.7. The van der Waals surface area contributed by atoms with Gasteiger partial charge in [-0.1, -0.05) is 97.4 Å². The molecule has 0 aliphatic heterocycles. The van der Waals surface area contributed by atoms with Crippen molar-refractivity contribution in [2.45, 2.75) is 32.4 Å². The van der Waals surface area contributed by atoms with Crippen molar-refractivity contribution in [3.05, 3.63) is 94.5 Å². The summed E-state index contributed by atoms with van der Waals surface area (Å²) < 4.78 is 7.60. The average molecular weight is 469 g/mol. The van der Waals surface area contributed by atoms with Gasteiger partial charge in [-0.05, 0) is 39.2 Å². The maximum atomic E-state index is 11.5. The van der Waals surface area contributed by atoms with Crippen LogP contribution in [0.4, 0.5) is 0 Å². The second kappa shape index (κ2) is 8.65. The van der Waals surface area contributed by atoms with E-state index in [2.05, 4.69) is 85.2 Å². The summed E-state index contributed by atoms with van der Waals surface area (Å²) in [5.41, 5.74) is 1.09. The van der Waals surface area contributed by atoms with Gasteiger partial charge in [-0.3, -0.25) is 0 Å². The molecule has 3 aromatic rings. The number of carboxylic acids is 1. The molecule has 0 bridgehead atoms. The molecule has 0 radical (unpaired) electrons. The molecule has 29 heavy (non-hydrogen) atoms. The van der Waals surface area contributed by atoms with Crippen LogP contribution in [0.1, 0.15) is 36.7 Å². The molecule has 0 amide bonds. The summed E-state index contributed by atoms with van der Waals surface area (Å²) in [6, 6.07) is 26.0. The molecule has 0 atom stereocenters. The Labute approximate surface area is 181 Å². The van der Waals surface area contributed by atoms with Crippen LogP contribution in [0, 0.1) is 0 Å². The first-order chi connectivity index (χ1) is 13.7. The third-order valence-corrected chi connectivity index (χ3v) is 10.5. The molecule has 0 aromatic heterocycles. The maximum absolute atomic E-state index is 11.5. The standard InChI is InChI=1S/C24H25BrO3Si/c1-24(2,3)29(21-10-6-4-7-11-21,22-12-8-5-9-13-22)28-17-18-14-19(23(26)27)16-20(25)15-18/h4-16H,17H2,1-3H3,(H,26,27). The first-order valence-corrected chi connectivity index (χ1v) is 12.2. The molecule has 150 valence electrons. The predicted molar refractivity (Wildman–Crippen MR) is 124 cm³/mol. The summed E-state index contributed by atoms with van der Waals surface area (Å²) in [6.07, 6.45) is 0. The van der Waals surface area contributed by atoms with Crippen LogP contribution in [0.3, 0.4) is 0 Å². The van der Waals surface area contributed by atoms with Gasteiger partial charge in [-0.2, -0.15) is 0 Å². The molecule has 0 unspecified atom stereocenters. The van der Waals surface area contributed by atoms with Crippen molar-refractivity contribution in [2.75, 3.05) is 0 Å². The fourth-order valence-corrected chi connectivity index (χ4v) is 8.89. The van der Waals surface area contributed by atoms with Gasteiger partial charge in [0.25, 0.3) is 8.32 Å². The van der Waals surface area contributed by atoms with Gasteiger partial charge in [0.05, 0.1) is 12.2 Å². The lowest BCUT2D eigenvalue weighted by molar-refractivity contribution is 0.0696. The molecule has 0 saturated carbocycles. The van der Waals surface area contributed by atoms with Gasteiger partial charge in [0.15, 0.2) is 0 Å². The Morgan fingerprint density at radius 2 is 1.45 bits per heavy atom. The highest BCUT2D eigenvalue weighted by Gasteiger charge is 2.50. The summed E-state index contributed by atoms with van der Waals surface area (Å²) in [4.78, 5) is 11.5. The number of hydrogen-bond donors (Lipinski definition) is 1. The Morgan fingerprint density at radius 1 is 0.931 bits per heavy atom. The van der Waals surface area contributed by atoms with Crippen LogP contribution in [0.25, 0.3) is 0 Å². The quantitative estimate of drug-likeness (QED) is 0.504. The second-order valence-electron chi connectivity index (χ2n) is 8.11. The van der Waals surface area contributed by atoms with Crippen molar-refractivity contribution < 1.29 is 14.3 Å². The summed E-state index contributed by atoms with van der Waals surface area (Å²) in [7, 11) is -2.66. The molecular weight excluding hydrogens is 444 g/mol. The third-order valence-electron chi connectivity index (χ3n) is 5.08. The molecule has 3 rings (SSSR count). The highest BCUT2D eigenvalue weighted by atomic mass is 79.9. The van der Waals surface area contributed by atoms with Crippen molar-refractivity contribution in [1.82, 2.24) is 0 Å². The maximum Gasteiger partial charge on any atom is 0.335 e. The van der Waals surface area contributed by atoms with E-state index in [9.17, 15) is 9.90 Å². The van der Waals surface area contributed by atoms with E-state index < -0.39 is 14.3 Å². The molecular formula is C24H25BrO3Si. The van der Waals surface area contributed by atoms with Crippen LogP contribution in [-0.4, -0.2) is 19.4 Å². The second-order valence-corrected chi connectivity index (χ2v) is 13.3. The van der Waals surface area contributed by atoms with Crippen molar-refractivity contribution in [3.63, 3.8) is 0 Å². The van der Waals surface area contributed by atoms with E-state index in [1.54, 1.807) is 12.1 Å². The summed E-state index contributed by atoms with van der Waals surface area (Å²) >= 11 is 3.42. The highest BCUT2D eigenvalue weighted by Crippen LogP contribution is 2.37. The number of halogens is 1. The van der Waals surface area contributed by atoms with E-state index in [0.29, 0.717) is 6.61 Å². The molecule has 3 aromatic carbocycles. The zero-order chi connectivity index (χ0) is 21.1. The van der Waals surface area contributed by atoms with Gasteiger partial charge < -0.3 is 9.53 Å². The Balaban J connectivity index is 2.11. The average Bonchev–Trinajstić information content (AvgIpc) is 2.68. The molecule has 0 spiro atoms. The van der Waals surface area contributed by atoms with Crippen molar-refractivity contribution in [3.8, 4) is 0 Å². The Hall–Kier alpha value is -2.21. The first kappa shape index (κ1) is 21.5. The number of carboxylic acid groups (broad SMARTS) is 1. The Morgan fingerprint density at radius 3 is 1.90 bits per heavy atom. The zero-order valence-corrected chi connectivity index (χ0v) is 19.4. The zero-order valence-electron chi connectivity index (χ0n) is 16.9. The smallest absolute Gasteiger partial charge is 0.335 e. The first-order valence-electron chi connectivity index (χ1n) is 9.52. The van der Waals surface area contributed by atoms with Crippen LogP contribution in [0.15, 0.2) is 83.3 Å². The SMILES string of the molecule is CC(C)(C)[Si](OCc1cc(Br)cc(C(=O)O)c1)(c1ccccc1)c1ccccc1. The van der Waals surface area contributed by atoms with Crippen LogP contribution in [0.5, 0.6) is 0 Å².